The zero-order valence-corrected chi connectivity index (χ0v) is 20.0. The van der Waals surface area contributed by atoms with Crippen LogP contribution in [0.25, 0.3) is 10.9 Å². The lowest BCUT2D eigenvalue weighted by atomic mass is 10.1. The molecule has 1 amide bonds. The topological polar surface area (TPSA) is 89.2 Å². The number of nitrogens with one attached hydrogen (secondary N) is 3. The Hall–Kier alpha value is -3.75. The summed E-state index contributed by atoms with van der Waals surface area (Å²) in [5, 5.41) is 14.4. The molecule has 180 valence electrons. The molecule has 0 atom stereocenters. The lowest BCUT2D eigenvalue weighted by Crippen LogP contribution is -2.44. The lowest BCUT2D eigenvalue weighted by Gasteiger charge is -2.32. The molecular formula is C27H31N7O. The number of rotatable bonds is 8. The molecule has 0 radical (unpaired) electrons. The summed E-state index contributed by atoms with van der Waals surface area (Å²) in [4.78, 5) is 22.5. The van der Waals surface area contributed by atoms with Gasteiger partial charge in [0.2, 0.25) is 0 Å². The predicted molar refractivity (Wildman–Crippen MR) is 140 cm³/mol. The van der Waals surface area contributed by atoms with Crippen molar-refractivity contribution < 1.29 is 4.79 Å². The molecule has 3 N–H and O–H groups in total. The number of nitrogens with zero attached hydrogens (tertiary/aromatic N) is 4. The minimum absolute atomic E-state index is 0.196. The second-order valence-corrected chi connectivity index (χ2v) is 9.10. The third-order valence-electron chi connectivity index (χ3n) is 6.48. The van der Waals surface area contributed by atoms with E-state index in [4.69, 9.17) is 0 Å². The molecule has 0 unspecified atom stereocenters. The van der Waals surface area contributed by atoms with Gasteiger partial charge in [0.15, 0.2) is 0 Å². The fourth-order valence-electron chi connectivity index (χ4n) is 4.42. The standard InChI is InChI=1S/C27H31N7O/c1-33-13-15-34(16-14-33)12-4-6-20-5-2-7-22(17-20)31-27(35)24-8-3-11-28-26(24)30-23-10-9-21-19-29-32-25(21)18-23/h2-3,5,7-11,17-19H,4,6,12-16H2,1H3,(H,28,30)(H,29,32)(H,31,35). The van der Waals surface area contributed by atoms with E-state index in [0.29, 0.717) is 11.4 Å². The van der Waals surface area contributed by atoms with E-state index in [-0.39, 0.29) is 5.91 Å². The summed E-state index contributed by atoms with van der Waals surface area (Å²) in [7, 11) is 2.18. The van der Waals surface area contributed by atoms with Gasteiger partial charge in [-0.3, -0.25) is 9.89 Å². The summed E-state index contributed by atoms with van der Waals surface area (Å²) in [6.45, 7) is 5.68. The number of aromatic amines is 1. The molecule has 1 aliphatic heterocycles. The third kappa shape index (κ3) is 5.85. The normalized spacial score (nSPS) is 14.8. The first kappa shape index (κ1) is 23.0. The van der Waals surface area contributed by atoms with Crippen LogP contribution in [0.15, 0.2) is 67.0 Å². The largest absolute Gasteiger partial charge is 0.340 e. The molecule has 0 saturated carbocycles. The van der Waals surface area contributed by atoms with Gasteiger partial charge in [-0.05, 0) is 74.5 Å². The number of benzene rings is 2. The van der Waals surface area contributed by atoms with Crippen LogP contribution in [-0.4, -0.2) is 70.7 Å². The second-order valence-electron chi connectivity index (χ2n) is 9.10. The van der Waals surface area contributed by atoms with Crippen LogP contribution in [0.1, 0.15) is 22.3 Å². The van der Waals surface area contributed by atoms with Crippen LogP contribution in [0.4, 0.5) is 17.2 Å². The Labute approximate surface area is 205 Å². The number of aryl methyl sites for hydroxylation is 1. The molecule has 8 heteroatoms. The van der Waals surface area contributed by atoms with Gasteiger partial charge in [-0.2, -0.15) is 5.10 Å². The second kappa shape index (κ2) is 10.7. The van der Waals surface area contributed by atoms with Crippen LogP contribution < -0.4 is 10.6 Å². The summed E-state index contributed by atoms with van der Waals surface area (Å²) >= 11 is 0. The fraction of sp³-hybridized carbons (Fsp3) is 0.296. The number of pyridine rings is 1. The summed E-state index contributed by atoms with van der Waals surface area (Å²) in [6.07, 6.45) is 5.55. The molecular weight excluding hydrogens is 438 g/mol. The number of hydrogen-bond donors (Lipinski definition) is 3. The van der Waals surface area contributed by atoms with Crippen LogP contribution >= 0.6 is 0 Å². The van der Waals surface area contributed by atoms with Gasteiger partial charge in [0.1, 0.15) is 5.82 Å². The number of H-pyrrole nitrogens is 1. The SMILES string of the molecule is CN1CCN(CCCc2cccc(NC(=O)c3cccnc3Nc3ccc4cn[nH]c4c3)c2)CC1. The minimum Gasteiger partial charge on any atom is -0.340 e. The summed E-state index contributed by atoms with van der Waals surface area (Å²) in [5.41, 5.74) is 4.26. The number of anilines is 3. The molecule has 5 rings (SSSR count). The molecule has 8 nitrogen and oxygen atoms in total. The van der Waals surface area contributed by atoms with Gasteiger partial charge >= 0.3 is 0 Å². The first-order valence-electron chi connectivity index (χ1n) is 12.1. The smallest absolute Gasteiger partial charge is 0.259 e. The van der Waals surface area contributed by atoms with E-state index < -0.39 is 0 Å². The maximum atomic E-state index is 13.1. The molecule has 35 heavy (non-hydrogen) atoms. The highest BCUT2D eigenvalue weighted by Crippen LogP contribution is 2.23. The Morgan fingerprint density at radius 1 is 1.03 bits per heavy atom. The Morgan fingerprint density at radius 2 is 1.91 bits per heavy atom. The molecule has 1 fully saturated rings. The minimum atomic E-state index is -0.196. The van der Waals surface area contributed by atoms with Crippen molar-refractivity contribution in [1.29, 1.82) is 0 Å². The van der Waals surface area contributed by atoms with Crippen molar-refractivity contribution >= 4 is 34.0 Å². The van der Waals surface area contributed by atoms with Crippen molar-refractivity contribution in [1.82, 2.24) is 25.0 Å². The van der Waals surface area contributed by atoms with Crippen molar-refractivity contribution in [3.05, 3.63) is 78.1 Å². The maximum absolute atomic E-state index is 13.1. The Bertz CT molecular complexity index is 1290. The van der Waals surface area contributed by atoms with Gasteiger partial charge in [0.05, 0.1) is 17.3 Å². The van der Waals surface area contributed by atoms with E-state index in [1.807, 2.05) is 30.3 Å². The van der Waals surface area contributed by atoms with Crippen molar-refractivity contribution in [3.63, 3.8) is 0 Å². The van der Waals surface area contributed by atoms with Gasteiger partial charge in [0.25, 0.3) is 5.91 Å². The van der Waals surface area contributed by atoms with Gasteiger partial charge in [0, 0.05) is 49.1 Å². The van der Waals surface area contributed by atoms with Crippen LogP contribution in [0.2, 0.25) is 0 Å². The van der Waals surface area contributed by atoms with E-state index in [9.17, 15) is 4.79 Å². The van der Waals surface area contributed by atoms with Gasteiger partial charge in [-0.15, -0.1) is 0 Å². The molecule has 0 aliphatic carbocycles. The molecule has 4 aromatic rings. The average Bonchev–Trinajstić information content (AvgIpc) is 3.34. The van der Waals surface area contributed by atoms with E-state index in [1.165, 1.54) is 5.56 Å². The Kier molecular flexibility index (Phi) is 7.02. The zero-order chi connectivity index (χ0) is 24.0. The van der Waals surface area contributed by atoms with Gasteiger partial charge < -0.3 is 20.4 Å². The van der Waals surface area contributed by atoms with Crippen molar-refractivity contribution in [2.24, 2.45) is 0 Å². The highest BCUT2D eigenvalue weighted by Gasteiger charge is 2.15. The maximum Gasteiger partial charge on any atom is 0.259 e. The van der Waals surface area contributed by atoms with E-state index in [1.54, 1.807) is 24.5 Å². The molecule has 1 aliphatic rings. The monoisotopic (exact) mass is 469 g/mol. The van der Waals surface area contributed by atoms with Gasteiger partial charge in [-0.25, -0.2) is 4.98 Å². The third-order valence-corrected chi connectivity index (χ3v) is 6.48. The van der Waals surface area contributed by atoms with Gasteiger partial charge in [-0.1, -0.05) is 12.1 Å². The number of fused-ring (bicyclic) bond motifs is 1. The number of carbonyl (C=O) groups is 1. The first-order valence-corrected chi connectivity index (χ1v) is 12.1. The van der Waals surface area contributed by atoms with E-state index >= 15 is 0 Å². The van der Waals surface area contributed by atoms with Crippen molar-refractivity contribution in [2.75, 3.05) is 50.4 Å². The molecule has 2 aromatic heterocycles. The van der Waals surface area contributed by atoms with Crippen LogP contribution in [0.3, 0.4) is 0 Å². The quantitative estimate of drug-likeness (QED) is 0.360. The summed E-state index contributed by atoms with van der Waals surface area (Å²) in [5.74, 6) is 0.310. The van der Waals surface area contributed by atoms with Crippen LogP contribution in [-0.2, 0) is 6.42 Å². The number of aromatic nitrogens is 3. The van der Waals surface area contributed by atoms with Crippen molar-refractivity contribution in [3.8, 4) is 0 Å². The van der Waals surface area contributed by atoms with E-state index in [2.05, 4.69) is 54.8 Å². The number of likely N-dealkylation sites (N-methyl/N-ethyl adjacent to an activating group) is 1. The lowest BCUT2D eigenvalue weighted by molar-refractivity contribution is 0.102. The summed E-state index contributed by atoms with van der Waals surface area (Å²) < 4.78 is 0. The van der Waals surface area contributed by atoms with Crippen LogP contribution in [0, 0.1) is 0 Å². The number of carbonyl (C=O) groups excluding carboxylic acids is 1. The zero-order valence-electron chi connectivity index (χ0n) is 20.0. The summed E-state index contributed by atoms with van der Waals surface area (Å²) in [6, 6.07) is 17.5. The number of amides is 1. The highest BCUT2D eigenvalue weighted by atomic mass is 16.1. The average molecular weight is 470 g/mol. The van der Waals surface area contributed by atoms with Crippen LogP contribution in [0.5, 0.6) is 0 Å². The molecule has 2 aromatic carbocycles. The van der Waals surface area contributed by atoms with Crippen molar-refractivity contribution in [2.45, 2.75) is 12.8 Å². The molecule has 1 saturated heterocycles. The molecule has 3 heterocycles. The predicted octanol–water partition coefficient (Wildman–Crippen LogP) is 4.13. The Morgan fingerprint density at radius 3 is 2.80 bits per heavy atom. The Balaban J connectivity index is 1.21. The molecule has 0 spiro atoms. The highest BCUT2D eigenvalue weighted by molar-refractivity contribution is 6.07. The number of piperazine rings is 1. The molecule has 0 bridgehead atoms. The van der Waals surface area contributed by atoms with E-state index in [0.717, 1.165) is 67.8 Å². The first-order chi connectivity index (χ1) is 17.1. The number of hydrogen-bond acceptors (Lipinski definition) is 6. The fourth-order valence-corrected chi connectivity index (χ4v) is 4.42.